The van der Waals surface area contributed by atoms with Crippen LogP contribution in [-0.2, 0) is 4.79 Å². The van der Waals surface area contributed by atoms with E-state index in [1.807, 2.05) is 77.1 Å². The Balaban J connectivity index is 2.14. The maximum Gasteiger partial charge on any atom is 0.265 e. The highest BCUT2D eigenvalue weighted by atomic mass is 16.5. The number of anilines is 1. The Bertz CT molecular complexity index is 725. The minimum absolute atomic E-state index is 0.0335. The van der Waals surface area contributed by atoms with Crippen molar-refractivity contribution in [1.82, 2.24) is 0 Å². The maximum absolute atomic E-state index is 12.7. The van der Waals surface area contributed by atoms with Crippen LogP contribution in [0.2, 0.25) is 0 Å². The zero-order chi connectivity index (χ0) is 18.4. The highest BCUT2D eigenvalue weighted by molar-refractivity contribution is 5.95. The Morgan fingerprint density at radius 3 is 2.44 bits per heavy atom. The number of amides is 1. The molecular weight excluding hydrogens is 314 g/mol. The van der Waals surface area contributed by atoms with Crippen molar-refractivity contribution < 1.29 is 14.3 Å². The molecule has 4 nitrogen and oxygen atoms in total. The van der Waals surface area contributed by atoms with Crippen LogP contribution in [0.25, 0.3) is 0 Å². The van der Waals surface area contributed by atoms with Crippen LogP contribution in [0.5, 0.6) is 11.5 Å². The molecule has 0 spiro atoms. The molecule has 1 amide bonds. The van der Waals surface area contributed by atoms with E-state index in [9.17, 15) is 4.79 Å². The van der Waals surface area contributed by atoms with Gasteiger partial charge in [-0.1, -0.05) is 31.2 Å². The predicted octanol–water partition coefficient (Wildman–Crippen LogP) is 4.89. The van der Waals surface area contributed by atoms with Crippen LogP contribution in [0.3, 0.4) is 0 Å². The van der Waals surface area contributed by atoms with E-state index in [0.717, 1.165) is 16.9 Å². The summed E-state index contributed by atoms with van der Waals surface area (Å²) >= 11 is 0. The molecule has 0 aromatic heterocycles. The summed E-state index contributed by atoms with van der Waals surface area (Å²) < 4.78 is 11.7. The molecule has 0 heterocycles. The monoisotopic (exact) mass is 341 g/mol. The number of ether oxygens (including phenoxy) is 2. The molecule has 0 saturated carbocycles. The predicted molar refractivity (Wildman–Crippen MR) is 101 cm³/mol. The molecule has 0 aliphatic rings. The Kier molecular flexibility index (Phi) is 6.45. The number of carbonyl (C=O) groups is 1. The van der Waals surface area contributed by atoms with E-state index in [1.54, 1.807) is 0 Å². The summed E-state index contributed by atoms with van der Waals surface area (Å²) in [7, 11) is 0. The number of para-hydroxylation sites is 2. The molecular formula is C21H27NO3. The normalized spacial score (nSPS) is 11.9. The smallest absolute Gasteiger partial charge is 0.265 e. The lowest BCUT2D eigenvalue weighted by Gasteiger charge is -2.20. The summed E-state index contributed by atoms with van der Waals surface area (Å²) in [5, 5.41) is 2.93. The van der Waals surface area contributed by atoms with Gasteiger partial charge in [0, 0.05) is 0 Å². The summed E-state index contributed by atoms with van der Waals surface area (Å²) in [5.41, 5.74) is 2.77. The topological polar surface area (TPSA) is 47.6 Å². The summed E-state index contributed by atoms with van der Waals surface area (Å²) in [6, 6.07) is 13.4. The highest BCUT2D eigenvalue weighted by Gasteiger charge is 2.20. The zero-order valence-corrected chi connectivity index (χ0v) is 15.6. The second-order valence-electron chi connectivity index (χ2n) is 6.44. The fourth-order valence-corrected chi connectivity index (χ4v) is 2.45. The van der Waals surface area contributed by atoms with Crippen LogP contribution < -0.4 is 14.8 Å². The fourth-order valence-electron chi connectivity index (χ4n) is 2.45. The van der Waals surface area contributed by atoms with Crippen LogP contribution >= 0.6 is 0 Å². The molecule has 1 N–H and O–H groups in total. The molecule has 134 valence electrons. The third-order valence-corrected chi connectivity index (χ3v) is 3.78. The third-order valence-electron chi connectivity index (χ3n) is 3.78. The second kappa shape index (κ2) is 8.56. The van der Waals surface area contributed by atoms with E-state index >= 15 is 0 Å². The van der Waals surface area contributed by atoms with Crippen molar-refractivity contribution in [2.24, 2.45) is 0 Å². The second-order valence-corrected chi connectivity index (χ2v) is 6.44. The Morgan fingerprint density at radius 2 is 1.76 bits per heavy atom. The van der Waals surface area contributed by atoms with Gasteiger partial charge in [-0.15, -0.1) is 0 Å². The van der Waals surface area contributed by atoms with Crippen LogP contribution in [0.4, 0.5) is 5.69 Å². The van der Waals surface area contributed by atoms with Gasteiger partial charge in [0.25, 0.3) is 5.91 Å². The van der Waals surface area contributed by atoms with Crippen LogP contribution in [-0.4, -0.2) is 18.1 Å². The van der Waals surface area contributed by atoms with Gasteiger partial charge < -0.3 is 14.8 Å². The largest absolute Gasteiger partial charge is 0.489 e. The minimum atomic E-state index is -0.562. The van der Waals surface area contributed by atoms with Gasteiger partial charge in [0.1, 0.15) is 11.5 Å². The van der Waals surface area contributed by atoms with Gasteiger partial charge in [0.2, 0.25) is 0 Å². The lowest BCUT2D eigenvalue weighted by molar-refractivity contribution is -0.122. The van der Waals surface area contributed by atoms with Crippen molar-refractivity contribution in [3.05, 3.63) is 53.6 Å². The van der Waals surface area contributed by atoms with E-state index < -0.39 is 6.10 Å². The summed E-state index contributed by atoms with van der Waals surface area (Å²) in [4.78, 5) is 12.7. The Morgan fingerprint density at radius 1 is 1.04 bits per heavy atom. The van der Waals surface area contributed by atoms with Gasteiger partial charge >= 0.3 is 0 Å². The average molecular weight is 341 g/mol. The Labute approximate surface area is 150 Å². The summed E-state index contributed by atoms with van der Waals surface area (Å²) in [6.45, 7) is 9.83. The van der Waals surface area contributed by atoms with Gasteiger partial charge in [0.05, 0.1) is 11.8 Å². The fraction of sp³-hybridized carbons (Fsp3) is 0.381. The lowest BCUT2D eigenvalue weighted by Crippen LogP contribution is -2.32. The van der Waals surface area contributed by atoms with E-state index in [4.69, 9.17) is 9.47 Å². The van der Waals surface area contributed by atoms with Crippen molar-refractivity contribution in [2.45, 2.75) is 53.2 Å². The first-order chi connectivity index (χ1) is 11.9. The molecule has 0 aliphatic carbocycles. The molecule has 0 radical (unpaired) electrons. The molecule has 25 heavy (non-hydrogen) atoms. The number of aryl methyl sites for hydroxylation is 2. The molecule has 2 aromatic rings. The number of benzene rings is 2. The average Bonchev–Trinajstić information content (AvgIpc) is 2.56. The molecule has 0 aliphatic heterocycles. The molecule has 0 fully saturated rings. The van der Waals surface area contributed by atoms with E-state index in [-0.39, 0.29) is 12.0 Å². The number of carbonyl (C=O) groups excluding carboxylic acids is 1. The molecule has 2 aromatic carbocycles. The number of hydrogen-bond donors (Lipinski definition) is 1. The first-order valence-corrected chi connectivity index (χ1v) is 8.71. The molecule has 0 bridgehead atoms. The van der Waals surface area contributed by atoms with Gasteiger partial charge in [-0.05, 0) is 63.4 Å². The van der Waals surface area contributed by atoms with Gasteiger partial charge in [-0.3, -0.25) is 4.79 Å². The molecule has 4 heteroatoms. The zero-order valence-electron chi connectivity index (χ0n) is 15.6. The number of hydrogen-bond acceptors (Lipinski definition) is 3. The number of nitrogens with one attached hydrogen (secondary N) is 1. The van der Waals surface area contributed by atoms with Crippen molar-refractivity contribution in [3.8, 4) is 11.5 Å². The van der Waals surface area contributed by atoms with Crippen LogP contribution in [0, 0.1) is 13.8 Å². The quantitative estimate of drug-likeness (QED) is 0.780. The molecule has 1 atom stereocenters. The third kappa shape index (κ3) is 5.24. The summed E-state index contributed by atoms with van der Waals surface area (Å²) in [5.74, 6) is 1.23. The van der Waals surface area contributed by atoms with E-state index in [2.05, 4.69) is 5.32 Å². The molecule has 0 saturated heterocycles. The molecule has 1 unspecified atom stereocenters. The first kappa shape index (κ1) is 18.8. The van der Waals surface area contributed by atoms with Crippen molar-refractivity contribution in [1.29, 1.82) is 0 Å². The van der Waals surface area contributed by atoms with E-state index in [1.165, 1.54) is 0 Å². The first-order valence-electron chi connectivity index (χ1n) is 8.71. The summed E-state index contributed by atoms with van der Waals surface area (Å²) in [6.07, 6.45) is 0.0469. The minimum Gasteiger partial charge on any atom is -0.489 e. The van der Waals surface area contributed by atoms with Crippen molar-refractivity contribution in [3.63, 3.8) is 0 Å². The maximum atomic E-state index is 12.7. The van der Waals surface area contributed by atoms with Crippen molar-refractivity contribution >= 4 is 11.6 Å². The van der Waals surface area contributed by atoms with E-state index in [0.29, 0.717) is 17.9 Å². The van der Waals surface area contributed by atoms with Crippen molar-refractivity contribution in [2.75, 3.05) is 5.32 Å². The number of rotatable bonds is 7. The van der Waals surface area contributed by atoms with Crippen LogP contribution in [0.1, 0.15) is 38.3 Å². The van der Waals surface area contributed by atoms with Crippen LogP contribution in [0.15, 0.2) is 42.5 Å². The van der Waals surface area contributed by atoms with Gasteiger partial charge in [0.15, 0.2) is 6.10 Å². The van der Waals surface area contributed by atoms with Gasteiger partial charge in [-0.25, -0.2) is 0 Å². The molecule has 2 rings (SSSR count). The SMILES string of the molecule is CCC(Oc1cc(C)ccc1C)C(=O)Nc1ccccc1OC(C)C. The lowest BCUT2D eigenvalue weighted by atomic mass is 10.1. The Hall–Kier alpha value is -2.49. The standard InChI is InChI=1S/C21H27NO3/c1-6-18(25-20-13-15(4)11-12-16(20)5)21(23)22-17-9-7-8-10-19(17)24-14(2)3/h7-14,18H,6H2,1-5H3,(H,22,23). The highest BCUT2D eigenvalue weighted by Crippen LogP contribution is 2.26. The van der Waals surface area contributed by atoms with Gasteiger partial charge in [-0.2, -0.15) is 0 Å².